The third kappa shape index (κ3) is 2.77. The highest BCUT2D eigenvalue weighted by molar-refractivity contribution is 7.99. The monoisotopic (exact) mass is 211 g/mol. The Morgan fingerprint density at radius 3 is 3.00 bits per heavy atom. The molecule has 1 aliphatic heterocycles. The van der Waals surface area contributed by atoms with Gasteiger partial charge in [-0.15, -0.1) is 0 Å². The summed E-state index contributed by atoms with van der Waals surface area (Å²) < 4.78 is 0. The van der Waals surface area contributed by atoms with Crippen LogP contribution in [-0.4, -0.2) is 23.3 Å². The molecule has 0 saturated carbocycles. The quantitative estimate of drug-likeness (QED) is 0.775. The molecule has 0 aromatic carbocycles. The Balaban J connectivity index is 1.71. The minimum Gasteiger partial charge on any atom is -0.387 e. The maximum absolute atomic E-state index is 11.0. The highest BCUT2D eigenvalue weighted by atomic mass is 32.2. The van der Waals surface area contributed by atoms with Crippen molar-refractivity contribution in [3.05, 3.63) is 11.8 Å². The van der Waals surface area contributed by atoms with Gasteiger partial charge in [-0.05, 0) is 25.0 Å². The van der Waals surface area contributed by atoms with Gasteiger partial charge >= 0.3 is 0 Å². The van der Waals surface area contributed by atoms with Crippen LogP contribution in [0.1, 0.15) is 32.1 Å². The van der Waals surface area contributed by atoms with Gasteiger partial charge in [-0.25, -0.2) is 0 Å². The van der Waals surface area contributed by atoms with Crippen molar-refractivity contribution in [3.63, 3.8) is 0 Å². The van der Waals surface area contributed by atoms with Crippen molar-refractivity contribution in [2.45, 2.75) is 37.4 Å². The van der Waals surface area contributed by atoms with Gasteiger partial charge in [0.15, 0.2) is 5.78 Å². The summed E-state index contributed by atoms with van der Waals surface area (Å²) in [5, 5.41) is 4.17. The van der Waals surface area contributed by atoms with Crippen LogP contribution in [-0.2, 0) is 4.79 Å². The Hall–Kier alpha value is -0.440. The first kappa shape index (κ1) is 10.1. The number of nitrogens with one attached hydrogen (secondary N) is 1. The fourth-order valence-corrected chi connectivity index (χ4v) is 3.19. The zero-order valence-corrected chi connectivity index (χ0v) is 9.24. The number of hydrogen-bond donors (Lipinski definition) is 1. The topological polar surface area (TPSA) is 29.1 Å². The van der Waals surface area contributed by atoms with Gasteiger partial charge in [-0.2, -0.15) is 11.8 Å². The molecule has 2 rings (SSSR count). The third-order valence-corrected chi connectivity index (χ3v) is 4.20. The molecule has 0 bridgehead atoms. The molecule has 0 amide bonds. The fraction of sp³-hybridized carbons (Fsp3) is 0.727. The van der Waals surface area contributed by atoms with Gasteiger partial charge in [-0.3, -0.25) is 4.79 Å². The van der Waals surface area contributed by atoms with Gasteiger partial charge in [0.05, 0.1) is 0 Å². The average molecular weight is 211 g/mol. The van der Waals surface area contributed by atoms with E-state index < -0.39 is 0 Å². The molecule has 1 saturated heterocycles. The smallest absolute Gasteiger partial charge is 0.157 e. The van der Waals surface area contributed by atoms with Crippen LogP contribution < -0.4 is 5.32 Å². The average Bonchev–Trinajstić information content (AvgIpc) is 2.63. The lowest BCUT2D eigenvalue weighted by atomic mass is 10.2. The molecule has 0 radical (unpaired) electrons. The SMILES string of the molecule is O=C1C=C(NCC2CCCCS2)CC1. The molecule has 1 heterocycles. The molecule has 1 aliphatic carbocycles. The van der Waals surface area contributed by atoms with Crippen molar-refractivity contribution in [2.24, 2.45) is 0 Å². The molecular formula is C11H17NOS. The second kappa shape index (κ2) is 4.87. The fourth-order valence-electron chi connectivity index (χ4n) is 1.95. The van der Waals surface area contributed by atoms with Crippen LogP contribution in [0.4, 0.5) is 0 Å². The summed E-state index contributed by atoms with van der Waals surface area (Å²) in [7, 11) is 0. The van der Waals surface area contributed by atoms with Crippen LogP contribution in [0, 0.1) is 0 Å². The zero-order chi connectivity index (χ0) is 9.80. The lowest BCUT2D eigenvalue weighted by molar-refractivity contribution is -0.114. The first-order chi connectivity index (χ1) is 6.84. The second-order valence-corrected chi connectivity index (χ2v) is 5.41. The maximum atomic E-state index is 11.0. The van der Waals surface area contributed by atoms with Gasteiger partial charge < -0.3 is 5.32 Å². The predicted octanol–water partition coefficient (Wildman–Crippen LogP) is 2.11. The minimum atomic E-state index is 0.281. The predicted molar refractivity (Wildman–Crippen MR) is 60.4 cm³/mol. The number of allylic oxidation sites excluding steroid dienone is 2. The van der Waals surface area contributed by atoms with E-state index in [1.807, 2.05) is 0 Å². The molecule has 78 valence electrons. The highest BCUT2D eigenvalue weighted by Crippen LogP contribution is 2.24. The molecule has 1 N–H and O–H groups in total. The first-order valence-electron chi connectivity index (χ1n) is 5.43. The molecule has 0 aromatic rings. The molecule has 1 fully saturated rings. The largest absolute Gasteiger partial charge is 0.387 e. The van der Waals surface area contributed by atoms with E-state index in [1.165, 1.54) is 25.0 Å². The lowest BCUT2D eigenvalue weighted by Crippen LogP contribution is -2.25. The Morgan fingerprint density at radius 2 is 2.36 bits per heavy atom. The van der Waals surface area contributed by atoms with Crippen molar-refractivity contribution >= 4 is 17.5 Å². The van der Waals surface area contributed by atoms with Crippen molar-refractivity contribution in [1.29, 1.82) is 0 Å². The molecule has 0 aromatic heterocycles. The Kier molecular flexibility index (Phi) is 3.51. The molecule has 0 spiro atoms. The Bertz CT molecular complexity index is 244. The van der Waals surface area contributed by atoms with Gasteiger partial charge in [0, 0.05) is 30.0 Å². The summed E-state index contributed by atoms with van der Waals surface area (Å²) in [5.41, 5.74) is 1.15. The van der Waals surface area contributed by atoms with Crippen molar-refractivity contribution in [3.8, 4) is 0 Å². The minimum absolute atomic E-state index is 0.281. The number of thioether (sulfide) groups is 1. The van der Waals surface area contributed by atoms with Crippen LogP contribution >= 0.6 is 11.8 Å². The zero-order valence-electron chi connectivity index (χ0n) is 8.42. The van der Waals surface area contributed by atoms with Gasteiger partial charge in [0.25, 0.3) is 0 Å². The van der Waals surface area contributed by atoms with Crippen LogP contribution in [0.25, 0.3) is 0 Å². The molecule has 14 heavy (non-hydrogen) atoms. The number of carbonyl (C=O) groups is 1. The summed E-state index contributed by atoms with van der Waals surface area (Å²) in [5.74, 6) is 1.59. The van der Waals surface area contributed by atoms with Crippen LogP contribution in [0.3, 0.4) is 0 Å². The number of ketones is 1. The number of rotatable bonds is 3. The van der Waals surface area contributed by atoms with E-state index in [9.17, 15) is 4.79 Å². The summed E-state index contributed by atoms with van der Waals surface area (Å²) >= 11 is 2.07. The molecular weight excluding hydrogens is 194 g/mol. The van der Waals surface area contributed by atoms with E-state index in [0.717, 1.165) is 23.9 Å². The summed E-state index contributed by atoms with van der Waals surface area (Å²) in [6.07, 6.45) is 7.49. The number of hydrogen-bond acceptors (Lipinski definition) is 3. The van der Waals surface area contributed by atoms with Crippen molar-refractivity contribution in [1.82, 2.24) is 5.32 Å². The Labute approximate surface area is 89.5 Å². The van der Waals surface area contributed by atoms with Gasteiger partial charge in [-0.1, -0.05) is 6.42 Å². The highest BCUT2D eigenvalue weighted by Gasteiger charge is 2.16. The van der Waals surface area contributed by atoms with E-state index in [0.29, 0.717) is 6.42 Å². The van der Waals surface area contributed by atoms with E-state index in [2.05, 4.69) is 17.1 Å². The molecule has 2 nitrogen and oxygen atoms in total. The van der Waals surface area contributed by atoms with E-state index in [4.69, 9.17) is 0 Å². The summed E-state index contributed by atoms with van der Waals surface area (Å²) in [6, 6.07) is 0. The lowest BCUT2D eigenvalue weighted by Gasteiger charge is -2.22. The standard InChI is InChI=1S/C11H17NOS/c13-10-5-4-9(7-10)12-8-11-3-1-2-6-14-11/h7,11-12H,1-6,8H2. The van der Waals surface area contributed by atoms with Gasteiger partial charge in [0.2, 0.25) is 0 Å². The van der Waals surface area contributed by atoms with Crippen LogP contribution in [0.5, 0.6) is 0 Å². The van der Waals surface area contributed by atoms with E-state index in [-0.39, 0.29) is 5.78 Å². The number of carbonyl (C=O) groups excluding carboxylic acids is 1. The summed E-state index contributed by atoms with van der Waals surface area (Å²) in [4.78, 5) is 11.0. The van der Waals surface area contributed by atoms with E-state index in [1.54, 1.807) is 6.08 Å². The molecule has 2 aliphatic rings. The Morgan fingerprint density at radius 1 is 1.43 bits per heavy atom. The second-order valence-electron chi connectivity index (χ2n) is 4.01. The summed E-state index contributed by atoms with van der Waals surface area (Å²) in [6.45, 7) is 1.05. The molecule has 3 heteroatoms. The molecule has 1 unspecified atom stereocenters. The third-order valence-electron chi connectivity index (χ3n) is 2.81. The maximum Gasteiger partial charge on any atom is 0.157 e. The van der Waals surface area contributed by atoms with Crippen molar-refractivity contribution < 1.29 is 4.79 Å². The first-order valence-corrected chi connectivity index (χ1v) is 6.48. The van der Waals surface area contributed by atoms with E-state index >= 15 is 0 Å². The van der Waals surface area contributed by atoms with Crippen LogP contribution in [0.2, 0.25) is 0 Å². The normalized spacial score (nSPS) is 27.6. The molecule has 1 atom stereocenters. The van der Waals surface area contributed by atoms with Gasteiger partial charge in [0.1, 0.15) is 0 Å². The van der Waals surface area contributed by atoms with Crippen molar-refractivity contribution in [2.75, 3.05) is 12.3 Å². The van der Waals surface area contributed by atoms with Crippen LogP contribution in [0.15, 0.2) is 11.8 Å².